The van der Waals surface area contributed by atoms with Crippen molar-refractivity contribution in [1.82, 2.24) is 4.90 Å². The second kappa shape index (κ2) is 8.43. The summed E-state index contributed by atoms with van der Waals surface area (Å²) >= 11 is 0. The lowest BCUT2D eigenvalue weighted by atomic mass is 10.1. The molecule has 1 atom stereocenters. The van der Waals surface area contributed by atoms with Crippen molar-refractivity contribution in [3.8, 4) is 0 Å². The Hall–Kier alpha value is -0.240. The molecule has 24 heavy (non-hydrogen) atoms. The summed E-state index contributed by atoms with van der Waals surface area (Å²) in [5.41, 5.74) is 1.96. The van der Waals surface area contributed by atoms with Crippen LogP contribution in [0.5, 0.6) is 0 Å². The summed E-state index contributed by atoms with van der Waals surface area (Å²) in [6.45, 7) is 23.3. The van der Waals surface area contributed by atoms with Crippen molar-refractivity contribution in [3.05, 3.63) is 0 Å². The molecule has 0 aromatic heterocycles. The van der Waals surface area contributed by atoms with Gasteiger partial charge in [0.05, 0.1) is 5.41 Å². The van der Waals surface area contributed by atoms with Gasteiger partial charge < -0.3 is 0 Å². The van der Waals surface area contributed by atoms with E-state index in [2.05, 4.69) is 78.7 Å². The third-order valence-corrected chi connectivity index (χ3v) is 4.40. The van der Waals surface area contributed by atoms with Crippen molar-refractivity contribution in [1.29, 1.82) is 0 Å². The van der Waals surface area contributed by atoms with Crippen LogP contribution in [0.2, 0.25) is 0 Å². The lowest BCUT2D eigenvalue weighted by molar-refractivity contribution is -2.00. The van der Waals surface area contributed by atoms with Crippen LogP contribution in [0.3, 0.4) is 0 Å². The fourth-order valence-corrected chi connectivity index (χ4v) is 3.83. The maximum absolute atomic E-state index is 8.49. The standard InChI is InChI=1S/C17H35N2.ClHO4/c1-11(2)18(12(3)4)15-16(17(15,9)10)19(13(5)6)14(7)8;2-1(3,4)5/h11-15H,1-10H3;(H,2,3,4,5)/q+1;/p-1. The lowest BCUT2D eigenvalue weighted by Gasteiger charge is -2.30. The van der Waals surface area contributed by atoms with Crippen molar-refractivity contribution in [2.45, 2.75) is 99.4 Å². The van der Waals surface area contributed by atoms with Crippen LogP contribution < -0.4 is 18.6 Å². The fraction of sp³-hybridized carbons (Fsp3) is 0.941. The number of halogens is 1. The highest BCUT2D eigenvalue weighted by atomic mass is 35.7. The van der Waals surface area contributed by atoms with Crippen LogP contribution in [-0.2, 0) is 0 Å². The molecule has 0 aliphatic heterocycles. The fourth-order valence-electron chi connectivity index (χ4n) is 3.83. The first-order valence-corrected chi connectivity index (χ1v) is 9.81. The van der Waals surface area contributed by atoms with Gasteiger partial charge in [-0.25, -0.2) is 23.2 Å². The van der Waals surface area contributed by atoms with Gasteiger partial charge in [0, 0.05) is 12.1 Å². The molecule has 1 rings (SSSR count). The highest BCUT2D eigenvalue weighted by molar-refractivity contribution is 6.07. The van der Waals surface area contributed by atoms with Gasteiger partial charge in [0.25, 0.3) is 0 Å². The Morgan fingerprint density at radius 1 is 0.833 bits per heavy atom. The molecule has 0 radical (unpaired) electrons. The molecule has 7 heteroatoms. The summed E-state index contributed by atoms with van der Waals surface area (Å²) in [6, 6.07) is 2.98. The van der Waals surface area contributed by atoms with E-state index in [0.717, 1.165) is 0 Å². The van der Waals surface area contributed by atoms with E-state index in [0.29, 0.717) is 35.6 Å². The topological polar surface area (TPSA) is 98.5 Å². The smallest absolute Gasteiger partial charge is 0.179 e. The number of hydrogen-bond donors (Lipinski definition) is 0. The van der Waals surface area contributed by atoms with Crippen LogP contribution in [0.1, 0.15) is 69.2 Å². The summed E-state index contributed by atoms with van der Waals surface area (Å²) in [6.07, 6.45) is 0. The first-order chi connectivity index (χ1) is 10.5. The molecule has 0 saturated heterocycles. The third-order valence-electron chi connectivity index (χ3n) is 4.40. The normalized spacial score (nSPS) is 20.1. The van der Waals surface area contributed by atoms with Gasteiger partial charge in [-0.1, -0.05) is 0 Å². The molecular formula is C17H35ClN2O4. The molecule has 6 nitrogen and oxygen atoms in total. The van der Waals surface area contributed by atoms with E-state index in [-0.39, 0.29) is 0 Å². The van der Waals surface area contributed by atoms with Crippen molar-refractivity contribution in [2.24, 2.45) is 5.41 Å². The minimum absolute atomic E-state index is 0.322. The van der Waals surface area contributed by atoms with Gasteiger partial charge in [0.2, 0.25) is 0 Å². The van der Waals surface area contributed by atoms with E-state index in [9.17, 15) is 0 Å². The molecule has 144 valence electrons. The highest BCUT2D eigenvalue weighted by Crippen LogP contribution is 2.47. The van der Waals surface area contributed by atoms with Crippen LogP contribution in [0.15, 0.2) is 0 Å². The second-order valence-electron chi connectivity index (χ2n) is 8.12. The Labute approximate surface area is 149 Å². The van der Waals surface area contributed by atoms with Gasteiger partial charge >= 0.3 is 0 Å². The zero-order chi connectivity index (χ0) is 19.6. The van der Waals surface area contributed by atoms with Crippen LogP contribution in [0.4, 0.5) is 0 Å². The average molecular weight is 367 g/mol. The highest BCUT2D eigenvalue weighted by Gasteiger charge is 2.65. The van der Waals surface area contributed by atoms with E-state index < -0.39 is 10.2 Å². The number of nitrogens with zero attached hydrogens (tertiary/aromatic N) is 2. The average Bonchev–Trinajstić information content (AvgIpc) is 2.77. The summed E-state index contributed by atoms with van der Waals surface area (Å²) in [4.78, 5) is 2.67. The first-order valence-electron chi connectivity index (χ1n) is 8.58. The van der Waals surface area contributed by atoms with Crippen molar-refractivity contribution in [3.63, 3.8) is 0 Å². The zero-order valence-corrected chi connectivity index (χ0v) is 17.5. The monoisotopic (exact) mass is 366 g/mol. The maximum Gasteiger partial charge on any atom is 0.179 e. The predicted octanol–water partition coefficient (Wildman–Crippen LogP) is -0.972. The Balaban J connectivity index is 0.000000922. The van der Waals surface area contributed by atoms with Crippen LogP contribution >= 0.6 is 0 Å². The van der Waals surface area contributed by atoms with E-state index >= 15 is 0 Å². The second-order valence-corrected chi connectivity index (χ2v) is 8.87. The summed E-state index contributed by atoms with van der Waals surface area (Å²) in [7, 11) is -4.94. The van der Waals surface area contributed by atoms with Crippen LogP contribution in [-0.4, -0.2) is 45.4 Å². The van der Waals surface area contributed by atoms with Crippen LogP contribution in [0.25, 0.3) is 0 Å². The maximum atomic E-state index is 8.49. The van der Waals surface area contributed by atoms with E-state index in [4.69, 9.17) is 18.6 Å². The molecule has 1 saturated carbocycles. The van der Waals surface area contributed by atoms with Crippen molar-refractivity contribution < 1.29 is 33.5 Å². The Kier molecular flexibility index (Phi) is 8.34. The molecule has 0 spiro atoms. The largest absolute Gasteiger partial charge is 0.286 e. The van der Waals surface area contributed by atoms with Crippen LogP contribution in [0, 0.1) is 15.7 Å². The Morgan fingerprint density at radius 3 is 1.33 bits per heavy atom. The lowest BCUT2D eigenvalue weighted by Crippen LogP contribution is -2.68. The summed E-state index contributed by atoms with van der Waals surface area (Å²) < 4.78 is 36.6. The van der Waals surface area contributed by atoms with Gasteiger partial charge in [0.15, 0.2) is 5.71 Å². The minimum Gasteiger partial charge on any atom is -0.286 e. The molecule has 1 aliphatic rings. The Morgan fingerprint density at radius 2 is 1.12 bits per heavy atom. The van der Waals surface area contributed by atoms with Gasteiger partial charge in [-0.05, 0) is 69.2 Å². The first kappa shape index (κ1) is 23.8. The zero-order valence-electron chi connectivity index (χ0n) is 16.8. The molecule has 0 heterocycles. The third kappa shape index (κ3) is 6.58. The van der Waals surface area contributed by atoms with E-state index in [1.165, 1.54) is 0 Å². The van der Waals surface area contributed by atoms with Gasteiger partial charge in [-0.3, -0.25) is 4.90 Å². The molecule has 1 aliphatic carbocycles. The molecule has 0 aromatic carbocycles. The van der Waals surface area contributed by atoms with Gasteiger partial charge in [-0.15, -0.1) is 10.2 Å². The number of hydrogen-bond acceptors (Lipinski definition) is 5. The van der Waals surface area contributed by atoms with E-state index in [1.807, 2.05) is 0 Å². The van der Waals surface area contributed by atoms with Crippen molar-refractivity contribution in [2.75, 3.05) is 0 Å². The van der Waals surface area contributed by atoms with Crippen molar-refractivity contribution >= 4 is 5.71 Å². The minimum atomic E-state index is -4.94. The van der Waals surface area contributed by atoms with Gasteiger partial charge in [0.1, 0.15) is 18.1 Å². The summed E-state index contributed by atoms with van der Waals surface area (Å²) in [5, 5.41) is 0. The van der Waals surface area contributed by atoms with E-state index in [1.54, 1.807) is 5.71 Å². The molecule has 1 fully saturated rings. The van der Waals surface area contributed by atoms with Gasteiger partial charge in [-0.2, -0.15) is 0 Å². The quantitative estimate of drug-likeness (QED) is 0.583. The Bertz CT molecular complexity index is 416. The molecule has 0 amide bonds. The number of rotatable bonds is 5. The molecule has 1 unspecified atom stereocenters. The SMILES string of the molecule is CC(C)N(C(C)C)C1C(=[N+](C(C)C)C(C)C)C1(C)C.[O-][Cl+3]([O-])([O-])[O-]. The molecule has 0 bridgehead atoms. The molecule has 0 N–H and O–H groups in total. The molecule has 0 aromatic rings. The summed E-state index contributed by atoms with van der Waals surface area (Å²) in [5.74, 6) is 0. The predicted molar refractivity (Wildman–Crippen MR) is 85.2 cm³/mol. The molecular weight excluding hydrogens is 332 g/mol.